The van der Waals surface area contributed by atoms with Crippen molar-refractivity contribution in [2.75, 3.05) is 35.6 Å². The summed E-state index contributed by atoms with van der Waals surface area (Å²) in [7, 11) is 0. The lowest BCUT2D eigenvalue weighted by atomic mass is 10.0. The van der Waals surface area contributed by atoms with E-state index < -0.39 is 6.03 Å². The number of rotatable bonds is 8. The van der Waals surface area contributed by atoms with Gasteiger partial charge in [0.15, 0.2) is 5.82 Å². The lowest BCUT2D eigenvalue weighted by Gasteiger charge is -2.18. The number of anilines is 3. The molecule has 1 aliphatic heterocycles. The van der Waals surface area contributed by atoms with E-state index in [9.17, 15) is 9.59 Å². The monoisotopic (exact) mass is 494 g/mol. The first kappa shape index (κ1) is 24.3. The Morgan fingerprint density at radius 3 is 2.83 bits per heavy atom. The van der Waals surface area contributed by atoms with E-state index in [0.717, 1.165) is 30.8 Å². The standard InChI is InChI=1S/C25H27ClN6O3/c1-16-14-30-23(15-29-16)32-25(34)31-21-13-19(26)6-8-22(21)35-11-3-10-28-24(33)18-5-7-20-17(12-18)4-2-9-27-20/h5-8,12-15,27H,2-4,9-11H2,1H3,(H,28,33)(H2,30,31,32,34). The van der Waals surface area contributed by atoms with Crippen LogP contribution in [0, 0.1) is 6.92 Å². The number of fused-ring (bicyclic) bond motifs is 1. The molecule has 4 rings (SSSR count). The van der Waals surface area contributed by atoms with Crippen molar-refractivity contribution in [1.29, 1.82) is 0 Å². The van der Waals surface area contributed by atoms with Gasteiger partial charge in [0.25, 0.3) is 5.91 Å². The molecule has 0 spiro atoms. The van der Waals surface area contributed by atoms with Crippen LogP contribution in [-0.4, -0.2) is 41.6 Å². The van der Waals surface area contributed by atoms with Crippen LogP contribution >= 0.6 is 11.6 Å². The molecule has 0 bridgehead atoms. The topological polar surface area (TPSA) is 117 Å². The number of hydrogen-bond donors (Lipinski definition) is 4. The highest BCUT2D eigenvalue weighted by Gasteiger charge is 2.13. The number of aryl methyl sites for hydroxylation is 2. The molecule has 1 aliphatic rings. The van der Waals surface area contributed by atoms with Crippen molar-refractivity contribution in [3.05, 3.63) is 70.6 Å². The average molecular weight is 495 g/mol. The number of carbonyl (C=O) groups is 2. The number of aromatic nitrogens is 2. The number of ether oxygens (including phenoxy) is 1. The first-order valence-electron chi connectivity index (χ1n) is 11.4. The van der Waals surface area contributed by atoms with E-state index in [0.29, 0.717) is 47.4 Å². The highest BCUT2D eigenvalue weighted by Crippen LogP contribution is 2.28. The van der Waals surface area contributed by atoms with Gasteiger partial charge in [0.1, 0.15) is 5.75 Å². The van der Waals surface area contributed by atoms with Crippen molar-refractivity contribution in [3.8, 4) is 5.75 Å². The fourth-order valence-electron chi connectivity index (χ4n) is 3.63. The largest absolute Gasteiger partial charge is 0.491 e. The van der Waals surface area contributed by atoms with Gasteiger partial charge in [-0.2, -0.15) is 0 Å². The van der Waals surface area contributed by atoms with Gasteiger partial charge in [-0.25, -0.2) is 9.78 Å². The highest BCUT2D eigenvalue weighted by atomic mass is 35.5. The normalized spacial score (nSPS) is 12.2. The minimum absolute atomic E-state index is 0.108. The van der Waals surface area contributed by atoms with E-state index in [-0.39, 0.29) is 5.91 Å². The van der Waals surface area contributed by atoms with Gasteiger partial charge in [-0.15, -0.1) is 0 Å². The Labute approximate surface area is 208 Å². The summed E-state index contributed by atoms with van der Waals surface area (Å²) in [5.41, 5.74) is 4.10. The number of benzene rings is 2. The molecule has 35 heavy (non-hydrogen) atoms. The van der Waals surface area contributed by atoms with Gasteiger partial charge in [0.05, 0.1) is 30.4 Å². The van der Waals surface area contributed by atoms with Crippen LogP contribution in [0.3, 0.4) is 0 Å². The molecule has 9 nitrogen and oxygen atoms in total. The number of carbonyl (C=O) groups excluding carboxylic acids is 2. The van der Waals surface area contributed by atoms with Gasteiger partial charge in [-0.05, 0) is 68.1 Å². The van der Waals surface area contributed by atoms with Gasteiger partial charge in [0, 0.05) is 29.4 Å². The SMILES string of the molecule is Cc1cnc(NC(=O)Nc2cc(Cl)ccc2OCCCNC(=O)c2ccc3c(c2)CCCN3)cn1. The second kappa shape index (κ2) is 11.5. The van der Waals surface area contributed by atoms with Crippen molar-refractivity contribution in [1.82, 2.24) is 15.3 Å². The first-order valence-corrected chi connectivity index (χ1v) is 11.8. The quantitative estimate of drug-likeness (QED) is 0.339. The Bertz CT molecular complexity index is 1200. The van der Waals surface area contributed by atoms with Gasteiger partial charge in [-0.1, -0.05) is 11.6 Å². The zero-order valence-electron chi connectivity index (χ0n) is 19.4. The first-order chi connectivity index (χ1) is 17.0. The van der Waals surface area contributed by atoms with Gasteiger partial charge < -0.3 is 20.7 Å². The third-order valence-electron chi connectivity index (χ3n) is 5.38. The maximum atomic E-state index is 12.5. The van der Waals surface area contributed by atoms with Crippen molar-refractivity contribution >= 4 is 40.7 Å². The van der Waals surface area contributed by atoms with E-state index in [2.05, 4.69) is 31.2 Å². The third-order valence-corrected chi connectivity index (χ3v) is 5.62. The van der Waals surface area contributed by atoms with Crippen LogP contribution in [0.5, 0.6) is 5.75 Å². The number of amides is 3. The van der Waals surface area contributed by atoms with E-state index in [1.54, 1.807) is 24.4 Å². The molecule has 0 radical (unpaired) electrons. The molecule has 0 unspecified atom stereocenters. The molecule has 3 amide bonds. The van der Waals surface area contributed by atoms with Crippen molar-refractivity contribution in [3.63, 3.8) is 0 Å². The van der Waals surface area contributed by atoms with Gasteiger partial charge >= 0.3 is 6.03 Å². The summed E-state index contributed by atoms with van der Waals surface area (Å²) in [6.07, 6.45) is 5.67. The number of halogens is 1. The summed E-state index contributed by atoms with van der Waals surface area (Å²) >= 11 is 6.10. The number of nitrogens with one attached hydrogen (secondary N) is 4. The van der Waals surface area contributed by atoms with E-state index in [4.69, 9.17) is 16.3 Å². The van der Waals surface area contributed by atoms with Crippen LogP contribution in [0.1, 0.15) is 34.5 Å². The fourth-order valence-corrected chi connectivity index (χ4v) is 3.80. The highest BCUT2D eigenvalue weighted by molar-refractivity contribution is 6.31. The molecule has 1 aromatic heterocycles. The minimum Gasteiger partial charge on any atom is -0.491 e. The van der Waals surface area contributed by atoms with E-state index in [1.807, 2.05) is 25.1 Å². The van der Waals surface area contributed by atoms with Crippen LogP contribution in [-0.2, 0) is 6.42 Å². The second-order valence-corrected chi connectivity index (χ2v) is 8.56. The Hall–Kier alpha value is -3.85. The second-order valence-electron chi connectivity index (χ2n) is 8.12. The Morgan fingerprint density at radius 2 is 2.00 bits per heavy atom. The molecule has 2 heterocycles. The number of hydrogen-bond acceptors (Lipinski definition) is 6. The number of nitrogens with zero attached hydrogens (tertiary/aromatic N) is 2. The van der Waals surface area contributed by atoms with Crippen LogP contribution in [0.4, 0.5) is 22.0 Å². The molecule has 10 heteroatoms. The molecule has 2 aromatic carbocycles. The molecule has 182 valence electrons. The number of urea groups is 1. The Balaban J connectivity index is 1.25. The van der Waals surface area contributed by atoms with Crippen molar-refractivity contribution in [2.24, 2.45) is 0 Å². The summed E-state index contributed by atoms with van der Waals surface area (Å²) < 4.78 is 5.83. The lowest BCUT2D eigenvalue weighted by Crippen LogP contribution is -2.26. The smallest absolute Gasteiger partial charge is 0.325 e. The fraction of sp³-hybridized carbons (Fsp3) is 0.280. The maximum Gasteiger partial charge on any atom is 0.325 e. The van der Waals surface area contributed by atoms with Crippen LogP contribution in [0.25, 0.3) is 0 Å². The predicted molar refractivity (Wildman–Crippen MR) is 137 cm³/mol. The average Bonchev–Trinajstić information content (AvgIpc) is 2.86. The molecule has 0 atom stereocenters. The summed E-state index contributed by atoms with van der Waals surface area (Å²) in [6, 6.07) is 10.2. The third kappa shape index (κ3) is 6.83. The molecular weight excluding hydrogens is 468 g/mol. The van der Waals surface area contributed by atoms with Crippen LogP contribution in [0.15, 0.2) is 48.8 Å². The van der Waals surface area contributed by atoms with Gasteiger partial charge in [-0.3, -0.25) is 15.1 Å². The Morgan fingerprint density at radius 1 is 1.11 bits per heavy atom. The summed E-state index contributed by atoms with van der Waals surface area (Å²) in [5.74, 6) is 0.680. The van der Waals surface area contributed by atoms with Crippen molar-refractivity contribution < 1.29 is 14.3 Å². The molecule has 0 aliphatic carbocycles. The Kier molecular flexibility index (Phi) is 7.99. The van der Waals surface area contributed by atoms with Gasteiger partial charge in [0.2, 0.25) is 0 Å². The zero-order chi connectivity index (χ0) is 24.6. The van der Waals surface area contributed by atoms with Crippen molar-refractivity contribution in [2.45, 2.75) is 26.2 Å². The van der Waals surface area contributed by atoms with Crippen LogP contribution < -0.4 is 26.0 Å². The lowest BCUT2D eigenvalue weighted by molar-refractivity contribution is 0.0951. The molecule has 0 saturated carbocycles. The van der Waals surface area contributed by atoms with E-state index >= 15 is 0 Å². The molecular formula is C25H27ClN6O3. The minimum atomic E-state index is -0.497. The predicted octanol–water partition coefficient (Wildman–Crippen LogP) is 4.64. The molecule has 4 N–H and O–H groups in total. The zero-order valence-corrected chi connectivity index (χ0v) is 20.1. The summed E-state index contributed by atoms with van der Waals surface area (Å²) in [6.45, 7) is 3.58. The molecule has 0 fully saturated rings. The molecule has 0 saturated heterocycles. The van der Waals surface area contributed by atoms with Crippen LogP contribution in [0.2, 0.25) is 5.02 Å². The summed E-state index contributed by atoms with van der Waals surface area (Å²) in [5, 5.41) is 12.1. The van der Waals surface area contributed by atoms with E-state index in [1.165, 1.54) is 11.8 Å². The maximum absolute atomic E-state index is 12.5. The molecule has 3 aromatic rings. The summed E-state index contributed by atoms with van der Waals surface area (Å²) in [4.78, 5) is 33.1.